The van der Waals surface area contributed by atoms with Crippen LogP contribution >= 0.6 is 0 Å². The molecule has 1 aromatic rings. The van der Waals surface area contributed by atoms with Gasteiger partial charge in [0, 0.05) is 57.0 Å². The summed E-state index contributed by atoms with van der Waals surface area (Å²) in [6, 6.07) is 2.06. The Bertz CT molecular complexity index is 449. The number of hydrogen-bond donors (Lipinski definition) is 1. The van der Waals surface area contributed by atoms with Gasteiger partial charge in [0.25, 0.3) is 0 Å². The van der Waals surface area contributed by atoms with E-state index in [2.05, 4.69) is 10.4 Å². The lowest BCUT2D eigenvalue weighted by molar-refractivity contribution is -0.130. The van der Waals surface area contributed by atoms with Crippen LogP contribution in [0.15, 0.2) is 18.5 Å². The number of fused-ring (bicyclic) bond motifs is 1. The topological polar surface area (TPSA) is 65.4 Å². The Balaban J connectivity index is 1.49. The normalized spacial score (nSPS) is 31.6. The van der Waals surface area contributed by atoms with Crippen molar-refractivity contribution in [1.29, 1.82) is 0 Å². The highest BCUT2D eigenvalue weighted by Crippen LogP contribution is 2.43. The first-order valence-electron chi connectivity index (χ1n) is 7.17. The molecule has 6 nitrogen and oxygen atoms in total. The SMILES string of the molecule is COC[C@H]1[C@@H](NC(=O)CCn2cccn2)[C@H]2CCO[C@H]21. The molecule has 0 radical (unpaired) electrons. The van der Waals surface area contributed by atoms with Crippen LogP contribution in [-0.2, 0) is 20.8 Å². The zero-order chi connectivity index (χ0) is 13.9. The average molecular weight is 279 g/mol. The van der Waals surface area contributed by atoms with Crippen molar-refractivity contribution in [3.8, 4) is 0 Å². The number of aromatic nitrogens is 2. The van der Waals surface area contributed by atoms with Crippen LogP contribution in [0.3, 0.4) is 0 Å². The minimum Gasteiger partial charge on any atom is -0.384 e. The number of carbonyl (C=O) groups excluding carboxylic acids is 1. The highest BCUT2D eigenvalue weighted by atomic mass is 16.5. The zero-order valence-corrected chi connectivity index (χ0v) is 11.7. The highest BCUT2D eigenvalue weighted by Gasteiger charge is 2.54. The predicted octanol–water partition coefficient (Wildman–Crippen LogP) is 0.439. The first-order valence-corrected chi connectivity index (χ1v) is 7.17. The lowest BCUT2D eigenvalue weighted by Crippen LogP contribution is -2.62. The number of nitrogens with one attached hydrogen (secondary N) is 1. The number of methoxy groups -OCH3 is 1. The van der Waals surface area contributed by atoms with E-state index in [1.54, 1.807) is 18.0 Å². The molecule has 1 N–H and O–H groups in total. The molecular weight excluding hydrogens is 258 g/mol. The zero-order valence-electron chi connectivity index (χ0n) is 11.7. The molecule has 2 aliphatic rings. The molecule has 2 heterocycles. The molecule has 0 unspecified atom stereocenters. The van der Waals surface area contributed by atoms with Gasteiger partial charge in [0.05, 0.1) is 12.7 Å². The third-order valence-electron chi connectivity index (χ3n) is 4.34. The van der Waals surface area contributed by atoms with Crippen LogP contribution in [0.1, 0.15) is 12.8 Å². The lowest BCUT2D eigenvalue weighted by Gasteiger charge is -2.47. The van der Waals surface area contributed by atoms with Crippen molar-refractivity contribution in [2.75, 3.05) is 20.3 Å². The van der Waals surface area contributed by atoms with Crippen molar-refractivity contribution in [3.05, 3.63) is 18.5 Å². The third kappa shape index (κ3) is 2.58. The van der Waals surface area contributed by atoms with Gasteiger partial charge in [0.15, 0.2) is 0 Å². The lowest BCUT2D eigenvalue weighted by atomic mass is 9.67. The molecule has 1 aliphatic carbocycles. The maximum Gasteiger partial charge on any atom is 0.222 e. The first-order chi connectivity index (χ1) is 9.79. The van der Waals surface area contributed by atoms with Crippen molar-refractivity contribution >= 4 is 5.91 Å². The van der Waals surface area contributed by atoms with E-state index in [-0.39, 0.29) is 18.1 Å². The molecule has 1 aromatic heterocycles. The molecule has 1 saturated carbocycles. The average Bonchev–Trinajstić information content (AvgIpc) is 3.09. The monoisotopic (exact) mass is 279 g/mol. The predicted molar refractivity (Wildman–Crippen MR) is 72.0 cm³/mol. The number of ether oxygens (including phenoxy) is 2. The van der Waals surface area contributed by atoms with Crippen molar-refractivity contribution in [2.24, 2.45) is 11.8 Å². The molecular formula is C14H21N3O3. The Morgan fingerprint density at radius 1 is 1.60 bits per heavy atom. The van der Waals surface area contributed by atoms with E-state index in [4.69, 9.17) is 9.47 Å². The molecule has 1 aliphatic heterocycles. The second-order valence-corrected chi connectivity index (χ2v) is 5.52. The number of rotatable bonds is 6. The number of hydrogen-bond acceptors (Lipinski definition) is 4. The van der Waals surface area contributed by atoms with Gasteiger partial charge in [-0.1, -0.05) is 0 Å². The van der Waals surface area contributed by atoms with Gasteiger partial charge in [-0.25, -0.2) is 0 Å². The maximum absolute atomic E-state index is 12.0. The maximum atomic E-state index is 12.0. The molecule has 0 bridgehead atoms. The fraction of sp³-hybridized carbons (Fsp3) is 0.714. The quantitative estimate of drug-likeness (QED) is 0.820. The van der Waals surface area contributed by atoms with Gasteiger partial charge in [-0.3, -0.25) is 9.48 Å². The standard InChI is InChI=1S/C14H21N3O3/c1-19-9-11-13(10-4-8-20-14(10)11)16-12(18)3-7-17-6-2-5-15-17/h2,5-6,10-11,13-14H,3-4,7-9H2,1H3,(H,16,18)/t10-,11+,13+,14-/m1/s1. The molecule has 6 heteroatoms. The Morgan fingerprint density at radius 3 is 3.25 bits per heavy atom. The Labute approximate surface area is 118 Å². The molecule has 2 fully saturated rings. The number of aryl methyl sites for hydroxylation is 1. The van der Waals surface area contributed by atoms with Crippen molar-refractivity contribution in [1.82, 2.24) is 15.1 Å². The third-order valence-corrected chi connectivity index (χ3v) is 4.34. The van der Waals surface area contributed by atoms with Crippen LogP contribution < -0.4 is 5.32 Å². The summed E-state index contributed by atoms with van der Waals surface area (Å²) in [5, 5.41) is 7.24. The molecule has 3 rings (SSSR count). The van der Waals surface area contributed by atoms with Gasteiger partial charge >= 0.3 is 0 Å². The summed E-state index contributed by atoms with van der Waals surface area (Å²) in [6.45, 7) is 2.06. The molecule has 4 atom stereocenters. The van der Waals surface area contributed by atoms with Crippen LogP contribution in [0, 0.1) is 11.8 Å². The summed E-state index contributed by atoms with van der Waals surface area (Å²) in [6.07, 6.45) is 5.35. The van der Waals surface area contributed by atoms with Gasteiger partial charge in [-0.2, -0.15) is 5.10 Å². The van der Waals surface area contributed by atoms with Gasteiger partial charge in [-0.05, 0) is 12.5 Å². The summed E-state index contributed by atoms with van der Waals surface area (Å²) in [5.74, 6) is 0.835. The van der Waals surface area contributed by atoms with E-state index >= 15 is 0 Å². The van der Waals surface area contributed by atoms with E-state index in [0.717, 1.165) is 13.0 Å². The molecule has 1 saturated heterocycles. The van der Waals surface area contributed by atoms with Gasteiger partial charge in [0.1, 0.15) is 0 Å². The van der Waals surface area contributed by atoms with Crippen LogP contribution in [-0.4, -0.2) is 48.2 Å². The second-order valence-electron chi connectivity index (χ2n) is 5.52. The first kappa shape index (κ1) is 13.6. The van der Waals surface area contributed by atoms with Crippen molar-refractivity contribution < 1.29 is 14.3 Å². The van der Waals surface area contributed by atoms with E-state index in [9.17, 15) is 4.79 Å². The van der Waals surface area contributed by atoms with E-state index < -0.39 is 0 Å². The van der Waals surface area contributed by atoms with E-state index in [0.29, 0.717) is 31.4 Å². The van der Waals surface area contributed by atoms with Crippen molar-refractivity contribution in [2.45, 2.75) is 31.5 Å². The summed E-state index contributed by atoms with van der Waals surface area (Å²) in [7, 11) is 1.69. The number of amides is 1. The Morgan fingerprint density at radius 2 is 2.50 bits per heavy atom. The van der Waals surface area contributed by atoms with Crippen LogP contribution in [0.4, 0.5) is 0 Å². The smallest absolute Gasteiger partial charge is 0.222 e. The highest BCUT2D eigenvalue weighted by molar-refractivity contribution is 5.76. The summed E-state index contributed by atoms with van der Waals surface area (Å²) >= 11 is 0. The van der Waals surface area contributed by atoms with Crippen LogP contribution in [0.25, 0.3) is 0 Å². The molecule has 0 spiro atoms. The van der Waals surface area contributed by atoms with Crippen molar-refractivity contribution in [3.63, 3.8) is 0 Å². The molecule has 1 amide bonds. The van der Waals surface area contributed by atoms with Gasteiger partial charge < -0.3 is 14.8 Å². The minimum atomic E-state index is 0.0805. The largest absolute Gasteiger partial charge is 0.384 e. The molecule has 20 heavy (non-hydrogen) atoms. The van der Waals surface area contributed by atoms with Crippen LogP contribution in [0.2, 0.25) is 0 Å². The van der Waals surface area contributed by atoms with Crippen LogP contribution in [0.5, 0.6) is 0 Å². The number of nitrogens with zero attached hydrogens (tertiary/aromatic N) is 2. The summed E-state index contributed by atoms with van der Waals surface area (Å²) < 4.78 is 12.7. The Hall–Kier alpha value is -1.40. The fourth-order valence-corrected chi connectivity index (χ4v) is 3.34. The second kappa shape index (κ2) is 5.93. The van der Waals surface area contributed by atoms with E-state index in [1.807, 2.05) is 12.3 Å². The van der Waals surface area contributed by atoms with E-state index in [1.165, 1.54) is 0 Å². The summed E-state index contributed by atoms with van der Waals surface area (Å²) in [4.78, 5) is 12.0. The minimum absolute atomic E-state index is 0.0805. The number of carbonyl (C=O) groups is 1. The van der Waals surface area contributed by atoms with Gasteiger partial charge in [-0.15, -0.1) is 0 Å². The van der Waals surface area contributed by atoms with Gasteiger partial charge in [0.2, 0.25) is 5.91 Å². The molecule has 110 valence electrons. The molecule has 0 aromatic carbocycles. The fourth-order valence-electron chi connectivity index (χ4n) is 3.34. The summed E-state index contributed by atoms with van der Waals surface area (Å²) in [5.41, 5.74) is 0. The Kier molecular flexibility index (Phi) is 4.03.